The average Bonchev–Trinajstić information content (AvgIpc) is 3.66. The van der Waals surface area contributed by atoms with Crippen molar-refractivity contribution in [2.45, 2.75) is 13.8 Å². The van der Waals surface area contributed by atoms with Crippen LogP contribution in [0.2, 0.25) is 0 Å². The van der Waals surface area contributed by atoms with Crippen LogP contribution in [0.3, 0.4) is 0 Å². The number of ether oxygens (including phenoxy) is 3. The monoisotopic (exact) mass is 607 g/mol. The lowest BCUT2D eigenvalue weighted by Gasteiger charge is -2.12. The molecule has 0 unspecified atom stereocenters. The second-order valence-electron chi connectivity index (χ2n) is 9.01. The standard InChI is InChI=1S/C28H26FN7O6S/c1-3-40-10-11-41-12-13-42-23-14-17(2)20(15-30-23)25-32-26(34-28(37)22-8-9-24(43-22)36(38)39)21-16-31-35(27(21)33-25)19-6-4-18(29)5-7-19/h4-9,14-16H,3,10-13H2,1-2H3,(H,32,33,34,37). The number of nitrogens with one attached hydrogen (secondary N) is 1. The number of rotatable bonds is 13. The fourth-order valence-corrected chi connectivity index (χ4v) is 4.74. The molecule has 15 heteroatoms. The zero-order valence-electron chi connectivity index (χ0n) is 23.2. The first-order valence-corrected chi connectivity index (χ1v) is 14.0. The molecule has 5 aromatic rings. The molecule has 0 saturated carbocycles. The molecule has 1 aromatic carbocycles. The highest BCUT2D eigenvalue weighted by Gasteiger charge is 2.21. The van der Waals surface area contributed by atoms with Crippen LogP contribution in [-0.2, 0) is 9.47 Å². The maximum absolute atomic E-state index is 13.6. The predicted octanol–water partition coefficient (Wildman–Crippen LogP) is 4.98. The first-order chi connectivity index (χ1) is 20.8. The second kappa shape index (κ2) is 13.4. The summed E-state index contributed by atoms with van der Waals surface area (Å²) in [4.78, 5) is 37.5. The molecule has 0 aliphatic rings. The van der Waals surface area contributed by atoms with E-state index in [2.05, 4.69) is 20.4 Å². The molecule has 0 aliphatic carbocycles. The number of amides is 1. The number of aromatic nitrogens is 5. The third kappa shape index (κ3) is 6.97. The Kier molecular flexibility index (Phi) is 9.24. The van der Waals surface area contributed by atoms with Gasteiger partial charge in [-0.2, -0.15) is 5.10 Å². The fourth-order valence-electron chi connectivity index (χ4n) is 4.02. The van der Waals surface area contributed by atoms with Gasteiger partial charge < -0.3 is 19.5 Å². The van der Waals surface area contributed by atoms with Gasteiger partial charge in [0.1, 0.15) is 18.2 Å². The van der Waals surface area contributed by atoms with Crippen molar-refractivity contribution in [3.05, 3.63) is 81.2 Å². The highest BCUT2D eigenvalue weighted by molar-refractivity contribution is 7.17. The zero-order chi connectivity index (χ0) is 30.3. The normalized spacial score (nSPS) is 11.1. The SMILES string of the molecule is CCOCCOCCOc1cc(C)c(-c2nc(NC(=O)c3ccc([N+](=O)[O-])s3)c3cnn(-c4ccc(F)cc4)c3n2)cn1. The van der Waals surface area contributed by atoms with Crippen LogP contribution in [0.15, 0.2) is 54.9 Å². The van der Waals surface area contributed by atoms with E-state index in [1.54, 1.807) is 24.4 Å². The quantitative estimate of drug-likeness (QED) is 0.110. The summed E-state index contributed by atoms with van der Waals surface area (Å²) in [5.41, 5.74) is 2.19. The number of aryl methyl sites for hydroxylation is 1. The molecule has 0 radical (unpaired) electrons. The average molecular weight is 608 g/mol. The lowest BCUT2D eigenvalue weighted by Crippen LogP contribution is -2.13. The van der Waals surface area contributed by atoms with E-state index in [1.807, 2.05) is 13.8 Å². The lowest BCUT2D eigenvalue weighted by molar-refractivity contribution is -0.380. The van der Waals surface area contributed by atoms with Crippen molar-refractivity contribution in [1.82, 2.24) is 24.7 Å². The molecule has 4 heterocycles. The van der Waals surface area contributed by atoms with Crippen molar-refractivity contribution in [3.63, 3.8) is 0 Å². The van der Waals surface area contributed by atoms with Crippen LogP contribution in [0, 0.1) is 22.9 Å². The van der Waals surface area contributed by atoms with Crippen molar-refractivity contribution < 1.29 is 28.3 Å². The number of hydrogen-bond acceptors (Lipinski definition) is 11. The maximum atomic E-state index is 13.6. The Balaban J connectivity index is 1.45. The summed E-state index contributed by atoms with van der Waals surface area (Å²) < 4.78 is 31.5. The smallest absolute Gasteiger partial charge is 0.324 e. The number of benzene rings is 1. The molecule has 1 N–H and O–H groups in total. The molecule has 0 bridgehead atoms. The Morgan fingerprint density at radius 2 is 1.84 bits per heavy atom. The molecule has 5 rings (SSSR count). The summed E-state index contributed by atoms with van der Waals surface area (Å²) in [6, 6.07) is 10.1. The number of carbonyl (C=O) groups is 1. The van der Waals surface area contributed by atoms with Gasteiger partial charge in [0.25, 0.3) is 5.91 Å². The number of anilines is 1. The molecule has 43 heavy (non-hydrogen) atoms. The summed E-state index contributed by atoms with van der Waals surface area (Å²) in [5, 5.41) is 18.5. The van der Waals surface area contributed by atoms with Crippen molar-refractivity contribution in [2.75, 3.05) is 38.4 Å². The molecule has 0 spiro atoms. The molecule has 222 valence electrons. The predicted molar refractivity (Wildman–Crippen MR) is 156 cm³/mol. The fraction of sp³-hybridized carbons (Fsp3) is 0.250. The maximum Gasteiger partial charge on any atom is 0.324 e. The summed E-state index contributed by atoms with van der Waals surface area (Å²) in [5.74, 6) is -0.229. The number of halogens is 1. The van der Waals surface area contributed by atoms with Gasteiger partial charge in [-0.15, -0.1) is 0 Å². The molecule has 13 nitrogen and oxygen atoms in total. The Morgan fingerprint density at radius 1 is 1.07 bits per heavy atom. The molecule has 0 atom stereocenters. The minimum Gasteiger partial charge on any atom is -0.475 e. The third-order valence-corrected chi connectivity index (χ3v) is 7.14. The van der Waals surface area contributed by atoms with E-state index < -0.39 is 16.6 Å². The van der Waals surface area contributed by atoms with Gasteiger partial charge in [0.2, 0.25) is 5.88 Å². The van der Waals surface area contributed by atoms with Gasteiger partial charge in [0.05, 0.1) is 46.9 Å². The summed E-state index contributed by atoms with van der Waals surface area (Å²) in [6.45, 7) is 6.06. The number of fused-ring (bicyclic) bond motifs is 1. The van der Waals surface area contributed by atoms with E-state index in [0.717, 1.165) is 16.9 Å². The van der Waals surface area contributed by atoms with Gasteiger partial charge in [-0.3, -0.25) is 14.9 Å². The minimum absolute atomic E-state index is 0.132. The summed E-state index contributed by atoms with van der Waals surface area (Å²) in [6.07, 6.45) is 3.04. The minimum atomic E-state index is -0.583. The molecule has 1 amide bonds. The van der Waals surface area contributed by atoms with Crippen molar-refractivity contribution in [3.8, 4) is 23.0 Å². The van der Waals surface area contributed by atoms with Gasteiger partial charge in [-0.25, -0.2) is 24.0 Å². The van der Waals surface area contributed by atoms with Gasteiger partial charge >= 0.3 is 5.00 Å². The lowest BCUT2D eigenvalue weighted by atomic mass is 10.1. The Morgan fingerprint density at radius 3 is 2.56 bits per heavy atom. The highest BCUT2D eigenvalue weighted by Crippen LogP contribution is 2.30. The van der Waals surface area contributed by atoms with Crippen molar-refractivity contribution >= 4 is 39.1 Å². The van der Waals surface area contributed by atoms with Crippen LogP contribution in [0.25, 0.3) is 28.1 Å². The number of carbonyl (C=O) groups excluding carboxylic acids is 1. The number of nitrogens with zero attached hydrogens (tertiary/aromatic N) is 6. The molecule has 0 fully saturated rings. The largest absolute Gasteiger partial charge is 0.475 e. The zero-order valence-corrected chi connectivity index (χ0v) is 24.0. The number of thiophene rings is 1. The van der Waals surface area contributed by atoms with E-state index in [-0.39, 0.29) is 21.5 Å². The first-order valence-electron chi connectivity index (χ1n) is 13.2. The second-order valence-corrected chi connectivity index (χ2v) is 10.1. The molecule has 4 aromatic heterocycles. The molecular weight excluding hydrogens is 581 g/mol. The van der Waals surface area contributed by atoms with E-state index in [4.69, 9.17) is 19.2 Å². The Bertz CT molecular complexity index is 1760. The summed E-state index contributed by atoms with van der Waals surface area (Å²) >= 11 is 0.745. The van der Waals surface area contributed by atoms with Gasteiger partial charge in [0, 0.05) is 30.5 Å². The van der Waals surface area contributed by atoms with Gasteiger partial charge in [0.15, 0.2) is 11.5 Å². The highest BCUT2D eigenvalue weighted by atomic mass is 32.1. The van der Waals surface area contributed by atoms with E-state index in [9.17, 15) is 19.3 Å². The number of hydrogen-bond donors (Lipinski definition) is 1. The van der Waals surface area contributed by atoms with E-state index in [1.165, 1.54) is 35.1 Å². The van der Waals surface area contributed by atoms with E-state index in [0.29, 0.717) is 61.2 Å². The summed E-state index contributed by atoms with van der Waals surface area (Å²) in [7, 11) is 0. The van der Waals surface area contributed by atoms with Crippen LogP contribution < -0.4 is 10.1 Å². The molecule has 0 aliphatic heterocycles. The van der Waals surface area contributed by atoms with Crippen LogP contribution >= 0.6 is 11.3 Å². The van der Waals surface area contributed by atoms with E-state index >= 15 is 0 Å². The molecular formula is C28H26FN7O6S. The van der Waals surface area contributed by atoms with Gasteiger partial charge in [-0.05, 0) is 49.7 Å². The third-order valence-electron chi connectivity index (χ3n) is 6.11. The Labute approximate surface area is 248 Å². The van der Waals surface area contributed by atoms with Gasteiger partial charge in [-0.1, -0.05) is 11.3 Å². The number of pyridine rings is 1. The Hall–Kier alpha value is -4.86. The van der Waals surface area contributed by atoms with Crippen LogP contribution in [0.1, 0.15) is 22.2 Å². The van der Waals surface area contributed by atoms with Crippen LogP contribution in [0.5, 0.6) is 5.88 Å². The first kappa shape index (κ1) is 29.6. The molecule has 0 saturated heterocycles. The number of nitro groups is 1. The van der Waals surface area contributed by atoms with Crippen LogP contribution in [-0.4, -0.2) is 68.6 Å². The van der Waals surface area contributed by atoms with Crippen LogP contribution in [0.4, 0.5) is 15.2 Å². The topological polar surface area (TPSA) is 156 Å². The van der Waals surface area contributed by atoms with Crippen molar-refractivity contribution in [2.24, 2.45) is 0 Å². The van der Waals surface area contributed by atoms with Crippen molar-refractivity contribution in [1.29, 1.82) is 0 Å².